The van der Waals surface area contributed by atoms with E-state index in [1.807, 2.05) is 146 Å². The molecule has 14 heteroatoms. The predicted octanol–water partition coefficient (Wildman–Crippen LogP) is 15.7. The van der Waals surface area contributed by atoms with Gasteiger partial charge in [0, 0.05) is 50.0 Å². The van der Waals surface area contributed by atoms with E-state index in [4.69, 9.17) is 39.4 Å². The molecule has 0 saturated carbocycles. The number of allylic oxidation sites excluding steroid dienone is 12. The quantitative estimate of drug-likeness (QED) is 0.0556. The van der Waals surface area contributed by atoms with Gasteiger partial charge in [-0.15, -0.1) is 22.1 Å². The number of carbonyl (C=O) groups is 2. The maximum absolute atomic E-state index is 13.8. The normalized spacial score (nSPS) is 16.7. The zero-order valence-electron chi connectivity index (χ0n) is 59.4. The molecule has 16 bridgehead atoms. The molecule has 109 heavy (non-hydrogen) atoms. The van der Waals surface area contributed by atoms with Crippen molar-refractivity contribution in [2.24, 2.45) is 20.0 Å². The fraction of sp³-hybridized carbons (Fsp3) is 0.0526. The van der Waals surface area contributed by atoms with Gasteiger partial charge in [0.1, 0.15) is 0 Å². The van der Waals surface area contributed by atoms with Crippen LogP contribution in [0.4, 0.5) is 0 Å². The Balaban J connectivity index is 0.00000452. The summed E-state index contributed by atoms with van der Waals surface area (Å²) in [5, 5.41) is 3.40. The molecule has 0 aliphatic carbocycles. The van der Waals surface area contributed by atoms with Crippen molar-refractivity contribution in [3.05, 3.63) is 450 Å². The van der Waals surface area contributed by atoms with Crippen molar-refractivity contribution in [1.29, 1.82) is 0 Å². The predicted molar refractivity (Wildman–Crippen MR) is 426 cm³/mol. The molecule has 10 heterocycles. The second kappa shape index (κ2) is 31.3. The van der Waals surface area contributed by atoms with Crippen molar-refractivity contribution in [3.8, 4) is 0 Å². The van der Waals surface area contributed by atoms with Crippen LogP contribution in [-0.2, 0) is 48.4 Å². The Morgan fingerprint density at radius 3 is 0.982 bits per heavy atom. The van der Waals surface area contributed by atoms with E-state index in [1.165, 1.54) is 0 Å². The summed E-state index contributed by atoms with van der Waals surface area (Å²) < 4.78 is 11.7. The van der Waals surface area contributed by atoms with Gasteiger partial charge in [0.15, 0.2) is 0 Å². The molecule has 0 saturated heterocycles. The van der Waals surface area contributed by atoms with E-state index < -0.39 is 11.9 Å². The minimum atomic E-state index is -0.436. The summed E-state index contributed by atoms with van der Waals surface area (Å²) in [6.07, 6.45) is 18.3. The van der Waals surface area contributed by atoms with Crippen LogP contribution in [-0.4, -0.2) is 58.0 Å². The molecule has 8 aromatic carbocycles. The van der Waals surface area contributed by atoms with Crippen molar-refractivity contribution in [2.45, 2.75) is 19.3 Å². The van der Waals surface area contributed by atoms with Crippen LogP contribution in [0, 0.1) is 0 Å². The maximum atomic E-state index is 13.8. The Labute approximate surface area is 655 Å². The van der Waals surface area contributed by atoms with Gasteiger partial charge in [0.05, 0.1) is 70.0 Å². The number of nitrogens with one attached hydrogen (secondary N) is 2. The first-order valence-corrected chi connectivity index (χ1v) is 36.0. The van der Waals surface area contributed by atoms with E-state index in [9.17, 15) is 9.59 Å². The molecule has 0 spiro atoms. The van der Waals surface area contributed by atoms with Crippen LogP contribution in [0.3, 0.4) is 0 Å². The number of benzene rings is 8. The molecule has 6 aliphatic heterocycles. The number of rotatable bonds is 16. The minimum Gasteiger partial charge on any atom is -0.657 e. The van der Waals surface area contributed by atoms with Crippen LogP contribution < -0.4 is 31.4 Å². The van der Waals surface area contributed by atoms with E-state index in [-0.39, 0.29) is 52.2 Å². The second-order valence-corrected chi connectivity index (χ2v) is 26.5. The SMILES string of the molecule is O=C(OCCCCCOC(=O)c1ccc(/C2=c3\cc/c([n-]3)=C(\c3ccccc3)c3ccc([nH]3)/C(c3ccccc3)=c3/cc/c([nH]3)=C(\c3ccccc3)c3ccc2[n-]3)cc1)c1ccc(C2=C3C=CC(=N3)C(c3ccccc3)=C3C=CC(=N3)C(c3ccccc3)=C3C=CC(=N3)C(c3ccccc3)=C3C=CC2=N3)cc1.[Zn+2].[Zn+2]. The molecule has 4 aromatic heterocycles. The number of ether oxygens (including phenoxy) is 2. The Kier molecular flexibility index (Phi) is 20.2. The third-order valence-electron chi connectivity index (χ3n) is 19.8. The molecular formula is C95H66N8O4Zn2+2. The Bertz CT molecular complexity index is 6200. The van der Waals surface area contributed by atoms with E-state index in [0.29, 0.717) is 41.8 Å². The topological polar surface area (TPSA) is 162 Å². The van der Waals surface area contributed by atoms with Crippen LogP contribution in [0.1, 0.15) is 107 Å². The maximum Gasteiger partial charge on any atom is 2.00 e. The zero-order valence-corrected chi connectivity index (χ0v) is 65.4. The van der Waals surface area contributed by atoms with Gasteiger partial charge < -0.3 is 29.4 Å². The van der Waals surface area contributed by atoms with Gasteiger partial charge in [-0.25, -0.2) is 29.6 Å². The fourth-order valence-corrected chi connectivity index (χ4v) is 14.7. The summed E-state index contributed by atoms with van der Waals surface area (Å²) in [5.74, 6) is -0.868. The van der Waals surface area contributed by atoms with Gasteiger partial charge in [-0.2, -0.15) is 0 Å². The molecular weight excluding hydrogens is 1450 g/mol. The number of esters is 2. The van der Waals surface area contributed by atoms with E-state index in [1.54, 1.807) is 24.3 Å². The van der Waals surface area contributed by atoms with Crippen LogP contribution in [0.15, 0.2) is 370 Å². The number of unbranched alkanes of at least 4 members (excludes halogenated alkanes) is 2. The molecule has 6 aliphatic rings. The van der Waals surface area contributed by atoms with Crippen LogP contribution >= 0.6 is 0 Å². The van der Waals surface area contributed by atoms with Gasteiger partial charge in [-0.05, 0) is 178 Å². The van der Waals surface area contributed by atoms with Gasteiger partial charge in [-0.3, -0.25) is 0 Å². The van der Waals surface area contributed by atoms with Crippen molar-refractivity contribution in [2.75, 3.05) is 13.2 Å². The number of aromatic nitrogens is 4. The Hall–Kier alpha value is -12.9. The van der Waals surface area contributed by atoms with Gasteiger partial charge >= 0.3 is 50.9 Å². The molecule has 512 valence electrons. The van der Waals surface area contributed by atoms with E-state index in [2.05, 4.69) is 168 Å². The van der Waals surface area contributed by atoms with Gasteiger partial charge in [0.25, 0.3) is 0 Å². The summed E-state index contributed by atoms with van der Waals surface area (Å²) in [6, 6.07) is 93.7. The van der Waals surface area contributed by atoms with Gasteiger partial charge in [0.2, 0.25) is 0 Å². The van der Waals surface area contributed by atoms with Crippen LogP contribution in [0.5, 0.6) is 0 Å². The van der Waals surface area contributed by atoms with Crippen LogP contribution in [0.25, 0.3) is 44.6 Å². The van der Waals surface area contributed by atoms with E-state index >= 15 is 0 Å². The van der Waals surface area contributed by atoms with Crippen LogP contribution in [0.2, 0.25) is 0 Å². The van der Waals surface area contributed by atoms with Crippen molar-refractivity contribution in [3.63, 3.8) is 0 Å². The molecule has 0 atom stereocenters. The summed E-state index contributed by atoms with van der Waals surface area (Å²) in [6.45, 7) is 0.397. The van der Waals surface area contributed by atoms with Crippen molar-refractivity contribution in [1.82, 2.24) is 19.9 Å². The number of hydrogen-bond acceptors (Lipinski definition) is 8. The minimum absolute atomic E-state index is 0. The third-order valence-corrected chi connectivity index (χ3v) is 19.8. The summed E-state index contributed by atoms with van der Waals surface area (Å²) >= 11 is 0. The molecule has 12 aromatic rings. The third kappa shape index (κ3) is 14.2. The monoisotopic (exact) mass is 1510 g/mol. The molecule has 2 N–H and O–H groups in total. The largest absolute Gasteiger partial charge is 2.00 e. The van der Waals surface area contributed by atoms with Gasteiger partial charge in [-0.1, -0.05) is 231 Å². The number of hydrogen-bond donors (Lipinski definition) is 2. The Morgan fingerprint density at radius 1 is 0.275 bits per heavy atom. The average Bonchev–Trinajstić information content (AvgIpc) is 1.62. The number of carbonyl (C=O) groups excluding carboxylic acids is 2. The average molecular weight is 1510 g/mol. The Morgan fingerprint density at radius 2 is 0.587 bits per heavy atom. The fourth-order valence-electron chi connectivity index (χ4n) is 14.7. The molecule has 18 rings (SSSR count). The van der Waals surface area contributed by atoms with Crippen molar-refractivity contribution >= 4 is 79.4 Å². The molecule has 0 radical (unpaired) electrons. The van der Waals surface area contributed by atoms with E-state index in [0.717, 1.165) is 167 Å². The first-order valence-electron chi connectivity index (χ1n) is 36.0. The van der Waals surface area contributed by atoms with Crippen molar-refractivity contribution < 1.29 is 58.0 Å². The summed E-state index contributed by atoms with van der Waals surface area (Å²) in [5.41, 5.74) is 25.3. The smallest absolute Gasteiger partial charge is 0.657 e. The first kappa shape index (κ1) is 70.5. The summed E-state index contributed by atoms with van der Waals surface area (Å²) in [4.78, 5) is 67.6. The summed E-state index contributed by atoms with van der Waals surface area (Å²) in [7, 11) is 0. The second-order valence-electron chi connectivity index (χ2n) is 26.5. The molecule has 0 unspecified atom stereocenters. The number of aromatic amines is 2. The number of H-pyrrole nitrogens is 2. The first-order chi connectivity index (χ1) is 52.9. The zero-order chi connectivity index (χ0) is 71.6. The molecule has 0 amide bonds. The number of fused-ring (bicyclic) bond motifs is 12. The molecule has 0 fully saturated rings. The molecule has 12 nitrogen and oxygen atoms in total. The standard InChI is InChI=1S/C95H68N8O4.2Zn/c104-94(68-38-34-66(35-39-68)92-82-54-50-78(100-82)88(62-26-12-3-13-27-62)74-46-42-70(96-74)86(60-22-8-1-9-23-60)71-43-47-75(97-71)89(63-28-14-4-15-29-63)79-51-55-83(92)101-79)106-58-20-7-21-59-107-95(105)69-40-36-67(37-41-69)93-84-56-52-80(102-84)90(64-30-16-5-17-31-64)76-48-44-72(98-76)87(61-24-10-2-11-25-61)73-45-49-77(99-73)91(65-32-18-6-19-33-65)81-53-57-85(93)103-81;;/h1-6,8-19,22-57H,7,20-21,58-59H2,(H4,96,97,98,99,100,101,102,103,104,105);;/q;2*+2/p-2/b86-70-,86-71?,87-72?,87-73?,88-74-,88-78?,89-75?,89-79-,90-76?,90-80?,91-77?,91-81?,92-82?,92-83-,93-84?,93-85?;;. The number of nitrogens with zero attached hydrogens (tertiary/aromatic N) is 6. The number of aliphatic imine (C=N–C) groups is 4.